The highest BCUT2D eigenvalue weighted by Gasteiger charge is 2.24. The summed E-state index contributed by atoms with van der Waals surface area (Å²) in [5.41, 5.74) is 0. The molecule has 0 bridgehead atoms. The van der Waals surface area contributed by atoms with Gasteiger partial charge in [0.15, 0.2) is 6.49 Å². The first-order valence-corrected chi connectivity index (χ1v) is 6.99. The molecule has 0 fully saturated rings. The summed E-state index contributed by atoms with van der Waals surface area (Å²) in [6.07, 6.45) is -1.13. The van der Waals surface area contributed by atoms with Gasteiger partial charge in [0.1, 0.15) is 0 Å². The predicted octanol–water partition coefficient (Wildman–Crippen LogP) is 1.18. The van der Waals surface area contributed by atoms with E-state index in [0.717, 1.165) is 0 Å². The second-order valence-corrected chi connectivity index (χ2v) is 6.83. The highest BCUT2D eigenvalue weighted by atomic mass is 35.7. The maximum Gasteiger partial charge on any atom is 0.200 e. The number of aliphatic hydroxyl groups excluding tert-OH is 2. The Morgan fingerprint density at radius 2 is 1.93 bits per heavy atom. The van der Waals surface area contributed by atoms with Crippen LogP contribution in [-0.2, 0) is 4.57 Å². The fraction of sp³-hybridized carbons (Fsp3) is 0.333. The average molecular weight is 235 g/mol. The smallest absolute Gasteiger partial charge is 0.200 e. The van der Waals surface area contributed by atoms with E-state index < -0.39 is 19.2 Å². The minimum atomic E-state index is -3.06. The van der Waals surface area contributed by atoms with Gasteiger partial charge in [-0.05, 0) is 11.2 Å². The number of hydrogen-bond donors (Lipinski definition) is 2. The molecule has 78 valence electrons. The number of benzene rings is 1. The molecule has 0 aromatic heterocycles. The molecule has 0 radical (unpaired) electrons. The van der Waals surface area contributed by atoms with Gasteiger partial charge in [0.2, 0.25) is 0 Å². The molecule has 0 saturated heterocycles. The van der Waals surface area contributed by atoms with Gasteiger partial charge in [-0.3, -0.25) is 0 Å². The third-order valence-electron chi connectivity index (χ3n) is 1.80. The molecular formula is C9H12ClO3P. The second-order valence-electron chi connectivity index (χ2n) is 3.01. The van der Waals surface area contributed by atoms with Gasteiger partial charge >= 0.3 is 0 Å². The van der Waals surface area contributed by atoms with Gasteiger partial charge in [0, 0.05) is 11.5 Å². The van der Waals surface area contributed by atoms with Crippen LogP contribution in [0.15, 0.2) is 30.3 Å². The molecule has 1 aromatic rings. The lowest BCUT2D eigenvalue weighted by Crippen LogP contribution is -2.19. The van der Waals surface area contributed by atoms with Crippen LogP contribution in [0.1, 0.15) is 0 Å². The largest absolute Gasteiger partial charge is 0.394 e. The lowest BCUT2D eigenvalue weighted by molar-refractivity contribution is 0.112. The highest BCUT2D eigenvalue weighted by Crippen LogP contribution is 2.50. The van der Waals surface area contributed by atoms with Gasteiger partial charge in [-0.15, -0.1) is 0 Å². The normalized spacial score (nSPS) is 17.4. The average Bonchev–Trinajstić information content (AvgIpc) is 2.18. The molecule has 0 saturated carbocycles. The van der Waals surface area contributed by atoms with Crippen molar-refractivity contribution >= 4 is 23.0 Å². The van der Waals surface area contributed by atoms with Gasteiger partial charge in [-0.1, -0.05) is 30.3 Å². The van der Waals surface area contributed by atoms with E-state index in [1.807, 2.05) is 0 Å². The van der Waals surface area contributed by atoms with E-state index >= 15 is 0 Å². The van der Waals surface area contributed by atoms with Crippen molar-refractivity contribution in [2.75, 3.05) is 12.8 Å². The Hall–Kier alpha value is -0.340. The molecule has 1 aromatic carbocycles. The summed E-state index contributed by atoms with van der Waals surface area (Å²) in [6, 6.07) is 8.56. The quantitative estimate of drug-likeness (QED) is 0.770. The van der Waals surface area contributed by atoms with Crippen LogP contribution in [-0.4, -0.2) is 29.1 Å². The van der Waals surface area contributed by atoms with Crippen LogP contribution < -0.4 is 5.30 Å². The van der Waals surface area contributed by atoms with Gasteiger partial charge in [-0.25, -0.2) is 0 Å². The Balaban J connectivity index is 2.81. The zero-order chi connectivity index (χ0) is 10.6. The molecule has 2 atom stereocenters. The molecule has 0 amide bonds. The van der Waals surface area contributed by atoms with E-state index in [1.54, 1.807) is 30.3 Å². The number of aliphatic hydroxyl groups is 2. The number of hydrogen-bond acceptors (Lipinski definition) is 3. The van der Waals surface area contributed by atoms with Crippen LogP contribution >= 0.6 is 17.7 Å². The van der Waals surface area contributed by atoms with Crippen molar-refractivity contribution in [3.05, 3.63) is 30.3 Å². The molecule has 2 N–H and O–H groups in total. The lowest BCUT2D eigenvalue weighted by atomic mass is 10.4. The number of halogens is 1. The first-order valence-electron chi connectivity index (χ1n) is 4.19. The molecule has 0 aliphatic carbocycles. The molecule has 0 aliphatic heterocycles. The van der Waals surface area contributed by atoms with E-state index in [9.17, 15) is 4.57 Å². The highest BCUT2D eigenvalue weighted by molar-refractivity contribution is 7.95. The fourth-order valence-corrected chi connectivity index (χ4v) is 3.39. The molecule has 0 spiro atoms. The summed E-state index contributed by atoms with van der Waals surface area (Å²) in [5, 5.41) is 18.3. The first kappa shape index (κ1) is 11.7. The Kier molecular flexibility index (Phi) is 4.14. The Bertz CT molecular complexity index is 328. The van der Waals surface area contributed by atoms with Crippen LogP contribution in [0.5, 0.6) is 0 Å². The van der Waals surface area contributed by atoms with E-state index in [4.69, 9.17) is 21.5 Å². The third kappa shape index (κ3) is 3.10. The Morgan fingerprint density at radius 1 is 1.36 bits per heavy atom. The molecule has 0 heterocycles. The molecular weight excluding hydrogens is 223 g/mol. The summed E-state index contributed by atoms with van der Waals surface area (Å²) >= 11 is 5.82. The third-order valence-corrected chi connectivity index (χ3v) is 4.76. The first-order chi connectivity index (χ1) is 6.56. The maximum atomic E-state index is 11.9. The zero-order valence-electron chi connectivity index (χ0n) is 7.51. The van der Waals surface area contributed by atoms with Crippen LogP contribution in [0, 0.1) is 0 Å². The number of rotatable bonds is 4. The van der Waals surface area contributed by atoms with Gasteiger partial charge in [0.05, 0.1) is 12.7 Å². The molecule has 0 aliphatic rings. The molecule has 1 rings (SSSR count). The summed E-state index contributed by atoms with van der Waals surface area (Å²) in [5.74, 6) is 0. The summed E-state index contributed by atoms with van der Waals surface area (Å²) in [4.78, 5) is 0. The van der Waals surface area contributed by atoms with Crippen LogP contribution in [0.4, 0.5) is 0 Å². The Morgan fingerprint density at radius 3 is 2.43 bits per heavy atom. The monoisotopic (exact) mass is 234 g/mol. The Labute approximate surface area is 87.5 Å². The van der Waals surface area contributed by atoms with Crippen molar-refractivity contribution in [3.63, 3.8) is 0 Å². The fourth-order valence-electron chi connectivity index (χ4n) is 1.08. The maximum absolute atomic E-state index is 11.9. The molecule has 2 unspecified atom stereocenters. The van der Waals surface area contributed by atoms with Gasteiger partial charge in [-0.2, -0.15) is 0 Å². The van der Waals surface area contributed by atoms with Crippen molar-refractivity contribution < 1.29 is 14.8 Å². The van der Waals surface area contributed by atoms with Crippen molar-refractivity contribution in [2.24, 2.45) is 0 Å². The standard InChI is InChI=1S/C9H12ClO3P/c10-14(13,7-8(12)6-11)9-4-2-1-3-5-9/h1-5,8,11-12H,6-7H2. The van der Waals surface area contributed by atoms with Crippen molar-refractivity contribution in [3.8, 4) is 0 Å². The van der Waals surface area contributed by atoms with Crippen LogP contribution in [0.3, 0.4) is 0 Å². The topological polar surface area (TPSA) is 57.5 Å². The van der Waals surface area contributed by atoms with Crippen LogP contribution in [0.2, 0.25) is 0 Å². The molecule has 3 nitrogen and oxygen atoms in total. The summed E-state index contributed by atoms with van der Waals surface area (Å²) in [6.45, 7) is -3.48. The van der Waals surface area contributed by atoms with Crippen molar-refractivity contribution in [1.82, 2.24) is 0 Å². The van der Waals surface area contributed by atoms with Crippen LogP contribution in [0.25, 0.3) is 0 Å². The van der Waals surface area contributed by atoms with Crippen molar-refractivity contribution in [2.45, 2.75) is 6.10 Å². The second kappa shape index (κ2) is 4.94. The summed E-state index contributed by atoms with van der Waals surface area (Å²) in [7, 11) is 0. The molecule has 5 heteroatoms. The van der Waals surface area contributed by atoms with Gasteiger partial charge in [0.25, 0.3) is 0 Å². The van der Waals surface area contributed by atoms with E-state index in [1.165, 1.54) is 0 Å². The van der Waals surface area contributed by atoms with Gasteiger partial charge < -0.3 is 14.8 Å². The lowest BCUT2D eigenvalue weighted by Gasteiger charge is -2.13. The van der Waals surface area contributed by atoms with E-state index in [-0.39, 0.29) is 6.16 Å². The minimum Gasteiger partial charge on any atom is -0.394 e. The molecule has 14 heavy (non-hydrogen) atoms. The predicted molar refractivity (Wildman–Crippen MR) is 57.5 cm³/mol. The summed E-state index contributed by atoms with van der Waals surface area (Å²) < 4.78 is 11.9. The minimum absolute atomic E-state index is 0.102. The zero-order valence-corrected chi connectivity index (χ0v) is 9.16. The SMILES string of the molecule is O=P(Cl)(CC(O)CO)c1ccccc1. The van der Waals surface area contributed by atoms with Crippen molar-refractivity contribution in [1.29, 1.82) is 0 Å². The van der Waals surface area contributed by atoms with E-state index in [2.05, 4.69) is 0 Å². The van der Waals surface area contributed by atoms with E-state index in [0.29, 0.717) is 5.30 Å².